The molecule has 0 aliphatic heterocycles. The summed E-state index contributed by atoms with van der Waals surface area (Å²) in [6, 6.07) is 11.4. The fraction of sp³-hybridized carbons (Fsp3) is 0.389. The summed E-state index contributed by atoms with van der Waals surface area (Å²) in [7, 11) is 4.00. The lowest BCUT2D eigenvalue weighted by Gasteiger charge is -2.13. The largest absolute Gasteiger partial charge is 0.378 e. The van der Waals surface area contributed by atoms with Gasteiger partial charge in [-0.15, -0.1) is 10.2 Å². The molecule has 1 aromatic heterocycles. The van der Waals surface area contributed by atoms with Crippen LogP contribution in [0.5, 0.6) is 0 Å². The van der Waals surface area contributed by atoms with Crippen molar-refractivity contribution in [1.29, 1.82) is 0 Å². The fourth-order valence-corrected chi connectivity index (χ4v) is 2.08. The predicted octanol–water partition coefficient (Wildman–Crippen LogP) is 3.06. The Hall–Kier alpha value is -2.63. The van der Waals surface area contributed by atoms with Crippen LogP contribution in [0.2, 0.25) is 0 Å². The second kappa shape index (κ2) is 8.29. The van der Waals surface area contributed by atoms with E-state index < -0.39 is 0 Å². The highest BCUT2D eigenvalue weighted by Crippen LogP contribution is 2.18. The third-order valence-electron chi connectivity index (χ3n) is 3.56. The van der Waals surface area contributed by atoms with Crippen LogP contribution in [0.3, 0.4) is 0 Å². The molecule has 2 aromatic rings. The van der Waals surface area contributed by atoms with Crippen molar-refractivity contribution in [3.63, 3.8) is 0 Å². The summed E-state index contributed by atoms with van der Waals surface area (Å²) < 4.78 is 0. The Kier molecular flexibility index (Phi) is 6.12. The lowest BCUT2D eigenvalue weighted by Crippen LogP contribution is -2.26. The molecule has 2 rings (SSSR count). The number of rotatable bonds is 7. The molecule has 0 bridgehead atoms. The highest BCUT2D eigenvalue weighted by Gasteiger charge is 2.08. The maximum Gasteiger partial charge on any atom is 0.271 e. The fourth-order valence-electron chi connectivity index (χ4n) is 2.08. The molecule has 0 fully saturated rings. The van der Waals surface area contributed by atoms with Crippen molar-refractivity contribution in [2.24, 2.45) is 5.92 Å². The molecule has 0 saturated carbocycles. The molecule has 0 aliphatic rings. The number of carbonyl (C=O) groups is 1. The van der Waals surface area contributed by atoms with E-state index in [1.54, 1.807) is 12.1 Å². The Balaban J connectivity index is 1.92. The van der Waals surface area contributed by atoms with Gasteiger partial charge in [-0.05, 0) is 48.7 Å². The quantitative estimate of drug-likeness (QED) is 0.818. The van der Waals surface area contributed by atoms with E-state index in [4.69, 9.17) is 0 Å². The van der Waals surface area contributed by atoms with Gasteiger partial charge in [0.25, 0.3) is 5.91 Å². The molecular formula is C18H25N5O. The van der Waals surface area contributed by atoms with E-state index in [0.717, 1.165) is 17.8 Å². The van der Waals surface area contributed by atoms with Crippen LogP contribution in [0.1, 0.15) is 30.8 Å². The normalized spacial score (nSPS) is 10.5. The smallest absolute Gasteiger partial charge is 0.271 e. The predicted molar refractivity (Wildman–Crippen MR) is 97.9 cm³/mol. The third kappa shape index (κ3) is 5.22. The van der Waals surface area contributed by atoms with E-state index in [1.807, 2.05) is 43.3 Å². The standard InChI is InChI=1S/C18H25N5O/c1-13(2)11-12-19-18(24)16-9-10-17(22-21-16)20-14-5-7-15(8-6-14)23(3)4/h5-10,13H,11-12H2,1-4H3,(H,19,24)(H,20,22). The summed E-state index contributed by atoms with van der Waals surface area (Å²) in [6.07, 6.45) is 0.946. The Labute approximate surface area is 143 Å². The van der Waals surface area contributed by atoms with Crippen LogP contribution in [-0.4, -0.2) is 36.7 Å². The molecule has 0 atom stereocenters. The second-order valence-corrected chi connectivity index (χ2v) is 6.31. The summed E-state index contributed by atoms with van der Waals surface area (Å²) >= 11 is 0. The number of hydrogen-bond acceptors (Lipinski definition) is 5. The van der Waals surface area contributed by atoms with E-state index in [1.165, 1.54) is 0 Å². The summed E-state index contributed by atoms with van der Waals surface area (Å²) in [6.45, 7) is 4.89. The maximum atomic E-state index is 12.0. The molecule has 0 spiro atoms. The van der Waals surface area contributed by atoms with Crippen LogP contribution in [-0.2, 0) is 0 Å². The zero-order chi connectivity index (χ0) is 17.5. The van der Waals surface area contributed by atoms with Crippen LogP contribution < -0.4 is 15.5 Å². The van der Waals surface area contributed by atoms with Gasteiger partial charge in [-0.25, -0.2) is 0 Å². The van der Waals surface area contributed by atoms with Gasteiger partial charge in [0.2, 0.25) is 0 Å². The average molecular weight is 327 g/mol. The van der Waals surface area contributed by atoms with E-state index in [-0.39, 0.29) is 5.91 Å². The van der Waals surface area contributed by atoms with Crippen LogP contribution in [0.4, 0.5) is 17.2 Å². The zero-order valence-corrected chi connectivity index (χ0v) is 14.7. The molecule has 1 amide bonds. The van der Waals surface area contributed by atoms with Gasteiger partial charge in [0.15, 0.2) is 11.5 Å². The molecule has 1 aromatic carbocycles. The van der Waals surface area contributed by atoms with Gasteiger partial charge in [0.05, 0.1) is 0 Å². The number of nitrogens with one attached hydrogen (secondary N) is 2. The number of amides is 1. The number of carbonyl (C=O) groups excluding carboxylic acids is 1. The van der Waals surface area contributed by atoms with Crippen LogP contribution in [0.25, 0.3) is 0 Å². The minimum absolute atomic E-state index is 0.190. The van der Waals surface area contributed by atoms with E-state index in [9.17, 15) is 4.79 Å². The molecule has 1 heterocycles. The number of nitrogens with zero attached hydrogens (tertiary/aromatic N) is 3. The highest BCUT2D eigenvalue weighted by atomic mass is 16.1. The third-order valence-corrected chi connectivity index (χ3v) is 3.56. The molecule has 24 heavy (non-hydrogen) atoms. The lowest BCUT2D eigenvalue weighted by atomic mass is 10.1. The first-order valence-corrected chi connectivity index (χ1v) is 8.12. The van der Waals surface area contributed by atoms with Gasteiger partial charge < -0.3 is 15.5 Å². The van der Waals surface area contributed by atoms with Crippen molar-refractivity contribution in [2.75, 3.05) is 30.9 Å². The second-order valence-electron chi connectivity index (χ2n) is 6.31. The zero-order valence-electron chi connectivity index (χ0n) is 14.7. The van der Waals surface area contributed by atoms with Crippen molar-refractivity contribution in [3.05, 3.63) is 42.1 Å². The van der Waals surface area contributed by atoms with Gasteiger partial charge in [-0.3, -0.25) is 4.79 Å². The Morgan fingerprint density at radius 1 is 1.08 bits per heavy atom. The van der Waals surface area contributed by atoms with Crippen molar-refractivity contribution in [3.8, 4) is 0 Å². The summed E-state index contributed by atoms with van der Waals surface area (Å²) in [5.41, 5.74) is 2.37. The number of anilines is 3. The number of benzene rings is 1. The molecule has 0 radical (unpaired) electrons. The van der Waals surface area contributed by atoms with Gasteiger partial charge >= 0.3 is 0 Å². The average Bonchev–Trinajstić information content (AvgIpc) is 2.55. The van der Waals surface area contributed by atoms with E-state index in [0.29, 0.717) is 24.0 Å². The topological polar surface area (TPSA) is 70.2 Å². The van der Waals surface area contributed by atoms with Gasteiger partial charge in [0, 0.05) is 32.0 Å². The molecule has 128 valence electrons. The Morgan fingerprint density at radius 3 is 2.33 bits per heavy atom. The minimum Gasteiger partial charge on any atom is -0.378 e. The molecule has 6 nitrogen and oxygen atoms in total. The molecule has 2 N–H and O–H groups in total. The SMILES string of the molecule is CC(C)CCNC(=O)c1ccc(Nc2ccc(N(C)C)cc2)nn1. The maximum absolute atomic E-state index is 12.0. The van der Waals surface area contributed by atoms with Crippen molar-refractivity contribution in [1.82, 2.24) is 15.5 Å². The first-order chi connectivity index (χ1) is 11.5. The molecular weight excluding hydrogens is 302 g/mol. The summed E-state index contributed by atoms with van der Waals surface area (Å²) in [5.74, 6) is 0.971. The number of hydrogen-bond donors (Lipinski definition) is 2. The molecule has 0 unspecified atom stereocenters. The lowest BCUT2D eigenvalue weighted by molar-refractivity contribution is 0.0946. The van der Waals surface area contributed by atoms with Crippen molar-refractivity contribution in [2.45, 2.75) is 20.3 Å². The van der Waals surface area contributed by atoms with Crippen LogP contribution in [0.15, 0.2) is 36.4 Å². The first kappa shape index (κ1) is 17.7. The van der Waals surface area contributed by atoms with Crippen molar-refractivity contribution >= 4 is 23.1 Å². The number of aromatic nitrogens is 2. The van der Waals surface area contributed by atoms with Gasteiger partial charge in [-0.1, -0.05) is 13.8 Å². The van der Waals surface area contributed by atoms with Gasteiger partial charge in [-0.2, -0.15) is 0 Å². The molecule has 0 aliphatic carbocycles. The van der Waals surface area contributed by atoms with Crippen LogP contribution >= 0.6 is 0 Å². The van der Waals surface area contributed by atoms with Gasteiger partial charge in [0.1, 0.15) is 0 Å². The first-order valence-electron chi connectivity index (χ1n) is 8.12. The molecule has 0 saturated heterocycles. The summed E-state index contributed by atoms with van der Waals surface area (Å²) in [4.78, 5) is 14.0. The van der Waals surface area contributed by atoms with Crippen molar-refractivity contribution < 1.29 is 4.79 Å². The van der Waals surface area contributed by atoms with E-state index in [2.05, 4.69) is 34.7 Å². The minimum atomic E-state index is -0.190. The van der Waals surface area contributed by atoms with E-state index >= 15 is 0 Å². The Bertz CT molecular complexity index is 650. The van der Waals surface area contributed by atoms with Crippen LogP contribution in [0, 0.1) is 5.92 Å². The summed E-state index contributed by atoms with van der Waals surface area (Å²) in [5, 5.41) is 14.1. The monoisotopic (exact) mass is 327 g/mol. The Morgan fingerprint density at radius 2 is 1.79 bits per heavy atom. The molecule has 6 heteroatoms. The highest BCUT2D eigenvalue weighted by molar-refractivity contribution is 5.92.